The van der Waals surface area contributed by atoms with Crippen molar-refractivity contribution in [1.29, 1.82) is 0 Å². The van der Waals surface area contributed by atoms with Gasteiger partial charge in [-0.3, -0.25) is 14.9 Å². The molecule has 0 aromatic heterocycles. The molecule has 90 valence electrons. The lowest BCUT2D eigenvalue weighted by molar-refractivity contribution is -0.130. The third-order valence-electron chi connectivity index (χ3n) is 2.40. The monoisotopic (exact) mass is 298 g/mol. The first-order valence-electron chi connectivity index (χ1n) is 5.00. The first-order chi connectivity index (χ1) is 8.08. The molecule has 1 N–H and O–H groups in total. The van der Waals surface area contributed by atoms with E-state index in [2.05, 4.69) is 21.2 Å². The van der Waals surface area contributed by atoms with Gasteiger partial charge in [-0.25, -0.2) is 0 Å². The summed E-state index contributed by atoms with van der Waals surface area (Å²) in [4.78, 5) is 24.3. The van der Waals surface area contributed by atoms with Crippen molar-refractivity contribution in [2.24, 2.45) is 0 Å². The van der Waals surface area contributed by atoms with Crippen molar-refractivity contribution in [3.8, 4) is 5.75 Å². The summed E-state index contributed by atoms with van der Waals surface area (Å²) >= 11 is 3.36. The minimum atomic E-state index is -0.291. The van der Waals surface area contributed by atoms with Gasteiger partial charge in [-0.05, 0) is 12.1 Å². The minimum absolute atomic E-state index is 0.172. The third kappa shape index (κ3) is 2.76. The van der Waals surface area contributed by atoms with Gasteiger partial charge in [-0.1, -0.05) is 15.9 Å². The zero-order valence-electron chi connectivity index (χ0n) is 9.20. The predicted molar refractivity (Wildman–Crippen MR) is 66.1 cm³/mol. The molecule has 6 heteroatoms. The molecule has 17 heavy (non-hydrogen) atoms. The zero-order chi connectivity index (χ0) is 12.4. The number of nitrogens with zero attached hydrogens (tertiary/aromatic N) is 1. The molecular formula is C11H11BrN2O3. The molecule has 0 bridgehead atoms. The number of rotatable bonds is 2. The summed E-state index contributed by atoms with van der Waals surface area (Å²) in [6, 6.07) is 5.44. The number of carbonyl (C=O) groups excluding carboxylic acids is 2. The SMILES string of the molecule is COc1cc(Br)cc(N2CC(=O)NC(=O)C2)c1. The molecule has 0 aliphatic carbocycles. The van der Waals surface area contributed by atoms with Crippen LogP contribution in [-0.2, 0) is 9.59 Å². The van der Waals surface area contributed by atoms with E-state index in [0.717, 1.165) is 10.2 Å². The van der Waals surface area contributed by atoms with Crippen LogP contribution in [0, 0.1) is 0 Å². The van der Waals surface area contributed by atoms with E-state index in [1.807, 2.05) is 12.1 Å². The number of carbonyl (C=O) groups is 2. The summed E-state index contributed by atoms with van der Waals surface area (Å²) in [6.07, 6.45) is 0. The number of piperazine rings is 1. The summed E-state index contributed by atoms with van der Waals surface area (Å²) in [5.41, 5.74) is 0.777. The van der Waals surface area contributed by atoms with E-state index >= 15 is 0 Å². The molecular weight excluding hydrogens is 288 g/mol. The van der Waals surface area contributed by atoms with Crippen LogP contribution in [-0.4, -0.2) is 32.0 Å². The normalized spacial score (nSPS) is 15.8. The number of imide groups is 1. The topological polar surface area (TPSA) is 58.6 Å². The highest BCUT2D eigenvalue weighted by molar-refractivity contribution is 9.10. The molecule has 2 rings (SSSR count). The molecule has 0 radical (unpaired) electrons. The highest BCUT2D eigenvalue weighted by Crippen LogP contribution is 2.27. The first kappa shape index (κ1) is 11.9. The second-order valence-electron chi connectivity index (χ2n) is 3.68. The van der Waals surface area contributed by atoms with Crippen LogP contribution in [0.4, 0.5) is 5.69 Å². The number of benzene rings is 1. The molecule has 1 heterocycles. The number of methoxy groups -OCH3 is 1. The molecule has 0 saturated carbocycles. The fourth-order valence-electron chi connectivity index (χ4n) is 1.67. The van der Waals surface area contributed by atoms with Gasteiger partial charge in [0.05, 0.1) is 20.2 Å². The Balaban J connectivity index is 2.29. The Bertz CT molecular complexity index is 460. The van der Waals surface area contributed by atoms with Gasteiger partial charge < -0.3 is 9.64 Å². The van der Waals surface area contributed by atoms with E-state index < -0.39 is 0 Å². The Morgan fingerprint density at radius 1 is 1.24 bits per heavy atom. The average Bonchev–Trinajstić information content (AvgIpc) is 2.26. The number of hydrogen-bond donors (Lipinski definition) is 1. The molecule has 0 atom stereocenters. The Kier molecular flexibility index (Phi) is 3.33. The van der Waals surface area contributed by atoms with E-state index in [9.17, 15) is 9.59 Å². The fraction of sp³-hybridized carbons (Fsp3) is 0.273. The predicted octanol–water partition coefficient (Wildman–Crippen LogP) is 0.920. The number of anilines is 1. The van der Waals surface area contributed by atoms with Gasteiger partial charge in [0.25, 0.3) is 0 Å². The van der Waals surface area contributed by atoms with Crippen molar-refractivity contribution in [1.82, 2.24) is 5.32 Å². The van der Waals surface area contributed by atoms with Crippen molar-refractivity contribution >= 4 is 33.4 Å². The van der Waals surface area contributed by atoms with Crippen molar-refractivity contribution in [3.05, 3.63) is 22.7 Å². The van der Waals surface area contributed by atoms with E-state index in [4.69, 9.17) is 4.74 Å². The van der Waals surface area contributed by atoms with Gasteiger partial charge in [0.2, 0.25) is 11.8 Å². The van der Waals surface area contributed by atoms with Crippen LogP contribution >= 0.6 is 15.9 Å². The summed E-state index contributed by atoms with van der Waals surface area (Å²) in [6.45, 7) is 0.344. The van der Waals surface area contributed by atoms with E-state index in [1.165, 1.54) is 0 Å². The lowest BCUT2D eigenvalue weighted by atomic mass is 10.2. The van der Waals surface area contributed by atoms with Gasteiger partial charge in [0.1, 0.15) is 5.75 Å². The van der Waals surface area contributed by atoms with Crippen LogP contribution in [0.2, 0.25) is 0 Å². The van der Waals surface area contributed by atoms with Gasteiger partial charge in [-0.15, -0.1) is 0 Å². The van der Waals surface area contributed by atoms with Crippen molar-refractivity contribution in [2.75, 3.05) is 25.1 Å². The number of hydrogen-bond acceptors (Lipinski definition) is 4. The molecule has 0 spiro atoms. The Morgan fingerprint density at radius 3 is 2.47 bits per heavy atom. The molecule has 1 aromatic rings. The van der Waals surface area contributed by atoms with Crippen LogP contribution in [0.3, 0.4) is 0 Å². The third-order valence-corrected chi connectivity index (χ3v) is 2.86. The summed E-state index contributed by atoms with van der Waals surface area (Å²) in [5.74, 6) is 0.0909. The maximum atomic E-state index is 11.3. The Labute approximate surface area is 107 Å². The van der Waals surface area contributed by atoms with Crippen molar-refractivity contribution in [2.45, 2.75) is 0 Å². The van der Waals surface area contributed by atoms with Crippen LogP contribution < -0.4 is 15.0 Å². The van der Waals surface area contributed by atoms with Crippen molar-refractivity contribution in [3.63, 3.8) is 0 Å². The van der Waals surface area contributed by atoms with E-state index in [-0.39, 0.29) is 24.9 Å². The van der Waals surface area contributed by atoms with E-state index in [1.54, 1.807) is 18.1 Å². The largest absolute Gasteiger partial charge is 0.497 e. The second-order valence-corrected chi connectivity index (χ2v) is 4.59. The van der Waals surface area contributed by atoms with Gasteiger partial charge in [0.15, 0.2) is 0 Å². The highest BCUT2D eigenvalue weighted by Gasteiger charge is 2.23. The number of halogens is 1. The van der Waals surface area contributed by atoms with Crippen LogP contribution in [0.5, 0.6) is 5.75 Å². The second kappa shape index (κ2) is 4.75. The van der Waals surface area contributed by atoms with Gasteiger partial charge in [-0.2, -0.15) is 0 Å². The lowest BCUT2D eigenvalue weighted by Gasteiger charge is -2.27. The molecule has 2 amide bonds. The lowest BCUT2D eigenvalue weighted by Crippen LogP contribution is -2.51. The molecule has 0 unspecified atom stereocenters. The molecule has 1 aromatic carbocycles. The molecule has 1 fully saturated rings. The summed E-state index contributed by atoms with van der Waals surface area (Å²) in [7, 11) is 1.57. The smallest absolute Gasteiger partial charge is 0.246 e. The average molecular weight is 299 g/mol. The molecule has 1 aliphatic heterocycles. The maximum absolute atomic E-state index is 11.3. The number of ether oxygens (including phenoxy) is 1. The highest BCUT2D eigenvalue weighted by atomic mass is 79.9. The Morgan fingerprint density at radius 2 is 1.88 bits per heavy atom. The molecule has 1 aliphatic rings. The van der Waals surface area contributed by atoms with E-state index in [0.29, 0.717) is 5.75 Å². The number of amides is 2. The van der Waals surface area contributed by atoms with Crippen LogP contribution in [0.25, 0.3) is 0 Å². The molecule has 5 nitrogen and oxygen atoms in total. The first-order valence-corrected chi connectivity index (χ1v) is 5.80. The number of nitrogens with one attached hydrogen (secondary N) is 1. The zero-order valence-corrected chi connectivity index (χ0v) is 10.8. The van der Waals surface area contributed by atoms with Gasteiger partial charge in [0, 0.05) is 16.2 Å². The minimum Gasteiger partial charge on any atom is -0.497 e. The maximum Gasteiger partial charge on any atom is 0.246 e. The standard InChI is InChI=1S/C11H11BrN2O3/c1-17-9-3-7(12)2-8(4-9)14-5-10(15)13-11(16)6-14/h2-4H,5-6H2,1H3,(H,13,15,16). The molecule has 1 saturated heterocycles. The summed E-state index contributed by atoms with van der Waals surface area (Å²) < 4.78 is 5.98. The quantitative estimate of drug-likeness (QED) is 0.825. The Hall–Kier alpha value is -1.56. The van der Waals surface area contributed by atoms with Crippen molar-refractivity contribution < 1.29 is 14.3 Å². The van der Waals surface area contributed by atoms with Crippen LogP contribution in [0.15, 0.2) is 22.7 Å². The summed E-state index contributed by atoms with van der Waals surface area (Å²) in [5, 5.41) is 2.26. The van der Waals surface area contributed by atoms with Crippen LogP contribution in [0.1, 0.15) is 0 Å². The van der Waals surface area contributed by atoms with Gasteiger partial charge >= 0.3 is 0 Å². The fourth-order valence-corrected chi connectivity index (χ4v) is 2.13.